The summed E-state index contributed by atoms with van der Waals surface area (Å²) in [6.07, 6.45) is 1.75. The Bertz CT molecular complexity index is 1360. The lowest BCUT2D eigenvalue weighted by Gasteiger charge is -2.32. The van der Waals surface area contributed by atoms with Crippen molar-refractivity contribution in [2.45, 2.75) is 51.1 Å². The van der Waals surface area contributed by atoms with Crippen LogP contribution in [0.3, 0.4) is 0 Å². The second kappa shape index (κ2) is 13.8. The zero-order valence-corrected chi connectivity index (χ0v) is 23.8. The molecule has 0 aromatic heterocycles. The summed E-state index contributed by atoms with van der Waals surface area (Å²) in [5, 5.41) is 2.89. The molecule has 0 unspecified atom stereocenters. The number of nitrogens with zero attached hydrogens (tertiary/aromatic N) is 2. The Balaban J connectivity index is 2.01. The molecule has 0 saturated heterocycles. The third-order valence-electron chi connectivity index (χ3n) is 6.38. The van der Waals surface area contributed by atoms with Crippen molar-refractivity contribution in [2.75, 3.05) is 24.5 Å². The van der Waals surface area contributed by atoms with Crippen molar-refractivity contribution in [1.29, 1.82) is 0 Å². The molecule has 2 amide bonds. The van der Waals surface area contributed by atoms with E-state index in [2.05, 4.69) is 5.32 Å². The molecule has 0 heterocycles. The van der Waals surface area contributed by atoms with E-state index in [-0.39, 0.29) is 23.0 Å². The lowest BCUT2D eigenvalue weighted by Crippen LogP contribution is -2.51. The highest BCUT2D eigenvalue weighted by Crippen LogP contribution is 2.27. The predicted molar refractivity (Wildman–Crippen MR) is 153 cm³/mol. The molecule has 39 heavy (non-hydrogen) atoms. The Labute approximate surface area is 231 Å². The van der Waals surface area contributed by atoms with Crippen LogP contribution >= 0.6 is 0 Å². The number of carbonyl (C=O) groups excluding carboxylic acids is 2. The Morgan fingerprint density at radius 3 is 2.36 bits per heavy atom. The average Bonchev–Trinajstić information content (AvgIpc) is 2.94. The quantitative estimate of drug-likeness (QED) is 0.315. The zero-order chi connectivity index (χ0) is 28.4. The summed E-state index contributed by atoms with van der Waals surface area (Å²) in [5.41, 5.74) is 2.14. The van der Waals surface area contributed by atoms with E-state index in [0.717, 1.165) is 28.3 Å². The summed E-state index contributed by atoms with van der Waals surface area (Å²) < 4.78 is 34.0. The van der Waals surface area contributed by atoms with Gasteiger partial charge in [0.1, 0.15) is 18.3 Å². The molecule has 1 atom stereocenters. The maximum Gasteiger partial charge on any atom is 0.264 e. The fraction of sp³-hybridized carbons (Fsp3) is 0.333. The Morgan fingerprint density at radius 1 is 0.974 bits per heavy atom. The van der Waals surface area contributed by atoms with Gasteiger partial charge in [-0.15, -0.1) is 0 Å². The van der Waals surface area contributed by atoms with Crippen LogP contribution in [0.5, 0.6) is 5.75 Å². The highest BCUT2D eigenvalue weighted by atomic mass is 32.2. The second-order valence-electron chi connectivity index (χ2n) is 9.36. The normalized spacial score (nSPS) is 11.9. The summed E-state index contributed by atoms with van der Waals surface area (Å²) >= 11 is 0. The number of benzene rings is 3. The molecular formula is C30H37N3O5S. The fourth-order valence-corrected chi connectivity index (χ4v) is 5.57. The minimum Gasteiger partial charge on any atom is -0.497 e. The van der Waals surface area contributed by atoms with Crippen molar-refractivity contribution >= 4 is 27.5 Å². The third kappa shape index (κ3) is 7.83. The SMILES string of the molecule is CCCCNC(=O)[C@H](C)N(Cc1cccc(C)c1)C(=O)CN(c1cccc(OC)c1)S(=O)(=O)c1ccccc1. The summed E-state index contributed by atoms with van der Waals surface area (Å²) in [6.45, 7) is 5.81. The smallest absolute Gasteiger partial charge is 0.264 e. The Kier molecular flexibility index (Phi) is 10.5. The molecule has 0 aliphatic carbocycles. The summed E-state index contributed by atoms with van der Waals surface area (Å²) in [6, 6.07) is 21.4. The average molecular weight is 552 g/mol. The highest BCUT2D eigenvalue weighted by Gasteiger charge is 2.32. The Morgan fingerprint density at radius 2 is 1.69 bits per heavy atom. The van der Waals surface area contributed by atoms with Crippen LogP contribution in [0, 0.1) is 6.92 Å². The number of anilines is 1. The standard InChI is InChI=1S/C30H37N3O5S/c1-5-6-18-31-30(35)24(3)32(21-25-13-10-12-23(2)19-25)29(34)22-33(26-14-11-15-27(20-26)38-4)39(36,37)28-16-8-7-9-17-28/h7-17,19-20,24H,5-6,18,21-22H2,1-4H3,(H,31,35)/t24-/m0/s1. The number of hydrogen-bond acceptors (Lipinski definition) is 5. The number of methoxy groups -OCH3 is 1. The van der Waals surface area contributed by atoms with Gasteiger partial charge in [0, 0.05) is 19.2 Å². The molecule has 0 bridgehead atoms. The van der Waals surface area contributed by atoms with E-state index in [0.29, 0.717) is 12.3 Å². The lowest BCUT2D eigenvalue weighted by atomic mass is 10.1. The third-order valence-corrected chi connectivity index (χ3v) is 8.17. The van der Waals surface area contributed by atoms with Gasteiger partial charge in [-0.3, -0.25) is 13.9 Å². The van der Waals surface area contributed by atoms with Crippen LogP contribution in [0.1, 0.15) is 37.8 Å². The number of aryl methyl sites for hydroxylation is 1. The maximum absolute atomic E-state index is 13.9. The molecule has 0 fully saturated rings. The zero-order valence-electron chi connectivity index (χ0n) is 23.0. The van der Waals surface area contributed by atoms with Crippen molar-refractivity contribution in [3.8, 4) is 5.75 Å². The number of ether oxygens (including phenoxy) is 1. The second-order valence-corrected chi connectivity index (χ2v) is 11.2. The van der Waals surface area contributed by atoms with Gasteiger partial charge in [-0.25, -0.2) is 8.42 Å². The number of carbonyl (C=O) groups is 2. The van der Waals surface area contributed by atoms with E-state index >= 15 is 0 Å². The van der Waals surface area contributed by atoms with Gasteiger partial charge in [0.15, 0.2) is 0 Å². The van der Waals surface area contributed by atoms with Crippen LogP contribution < -0.4 is 14.4 Å². The molecule has 3 rings (SSSR count). The summed E-state index contributed by atoms with van der Waals surface area (Å²) in [4.78, 5) is 28.4. The van der Waals surface area contributed by atoms with Crippen molar-refractivity contribution < 1.29 is 22.7 Å². The predicted octanol–water partition coefficient (Wildman–Crippen LogP) is 4.53. The highest BCUT2D eigenvalue weighted by molar-refractivity contribution is 7.92. The topological polar surface area (TPSA) is 96.0 Å². The first-order valence-electron chi connectivity index (χ1n) is 13.0. The van der Waals surface area contributed by atoms with E-state index < -0.39 is 28.5 Å². The molecule has 1 N–H and O–H groups in total. The molecular weight excluding hydrogens is 514 g/mol. The minimum atomic E-state index is -4.12. The van der Waals surface area contributed by atoms with Crippen molar-refractivity contribution in [1.82, 2.24) is 10.2 Å². The molecule has 0 spiro atoms. The molecule has 0 saturated carbocycles. The first-order valence-corrected chi connectivity index (χ1v) is 14.5. The first-order chi connectivity index (χ1) is 18.7. The van der Waals surface area contributed by atoms with E-state index in [1.165, 1.54) is 24.1 Å². The van der Waals surface area contributed by atoms with Crippen LogP contribution in [0.15, 0.2) is 83.8 Å². The molecule has 0 aliphatic rings. The molecule has 0 radical (unpaired) electrons. The van der Waals surface area contributed by atoms with E-state index in [4.69, 9.17) is 4.74 Å². The van der Waals surface area contributed by atoms with Gasteiger partial charge in [-0.1, -0.05) is 67.4 Å². The van der Waals surface area contributed by atoms with Crippen LogP contribution in [-0.2, 0) is 26.2 Å². The van der Waals surface area contributed by atoms with Crippen LogP contribution in [0.4, 0.5) is 5.69 Å². The largest absolute Gasteiger partial charge is 0.497 e. The van der Waals surface area contributed by atoms with Gasteiger partial charge < -0.3 is 15.0 Å². The maximum atomic E-state index is 13.9. The van der Waals surface area contributed by atoms with Crippen LogP contribution in [-0.4, -0.2) is 51.4 Å². The van der Waals surface area contributed by atoms with Crippen molar-refractivity contribution in [2.24, 2.45) is 0 Å². The summed E-state index contributed by atoms with van der Waals surface area (Å²) in [7, 11) is -2.63. The summed E-state index contributed by atoms with van der Waals surface area (Å²) in [5.74, 6) is -0.339. The number of unbranched alkanes of at least 4 members (excludes halogenated alkanes) is 1. The number of sulfonamides is 1. The first kappa shape index (κ1) is 29.7. The number of nitrogens with one attached hydrogen (secondary N) is 1. The molecule has 3 aromatic rings. The van der Waals surface area contributed by atoms with Gasteiger partial charge in [-0.2, -0.15) is 0 Å². The van der Waals surface area contributed by atoms with E-state index in [9.17, 15) is 18.0 Å². The molecule has 8 nitrogen and oxygen atoms in total. The van der Waals surface area contributed by atoms with Gasteiger partial charge in [-0.05, 0) is 50.1 Å². The van der Waals surface area contributed by atoms with Gasteiger partial charge >= 0.3 is 0 Å². The van der Waals surface area contributed by atoms with Crippen molar-refractivity contribution in [3.05, 3.63) is 90.0 Å². The number of amides is 2. The van der Waals surface area contributed by atoms with Gasteiger partial charge in [0.25, 0.3) is 10.0 Å². The number of rotatable bonds is 13. The minimum absolute atomic E-state index is 0.0520. The lowest BCUT2D eigenvalue weighted by molar-refractivity contribution is -0.139. The molecule has 3 aromatic carbocycles. The number of hydrogen-bond donors (Lipinski definition) is 1. The van der Waals surface area contributed by atoms with Gasteiger partial charge in [0.05, 0.1) is 17.7 Å². The molecule has 208 valence electrons. The molecule has 9 heteroatoms. The molecule has 0 aliphatic heterocycles. The van der Waals surface area contributed by atoms with E-state index in [1.807, 2.05) is 38.1 Å². The van der Waals surface area contributed by atoms with Crippen molar-refractivity contribution in [3.63, 3.8) is 0 Å². The monoisotopic (exact) mass is 551 g/mol. The Hall–Kier alpha value is -3.85. The van der Waals surface area contributed by atoms with Crippen LogP contribution in [0.2, 0.25) is 0 Å². The fourth-order valence-electron chi connectivity index (χ4n) is 4.14. The van der Waals surface area contributed by atoms with E-state index in [1.54, 1.807) is 49.4 Å². The van der Waals surface area contributed by atoms with Crippen LogP contribution in [0.25, 0.3) is 0 Å². The van der Waals surface area contributed by atoms with Gasteiger partial charge in [0.2, 0.25) is 11.8 Å².